The van der Waals surface area contributed by atoms with Gasteiger partial charge >= 0.3 is 0 Å². The van der Waals surface area contributed by atoms with Crippen LogP contribution in [-0.2, 0) is 9.47 Å². The second kappa shape index (κ2) is 8.03. The Bertz CT molecular complexity index is 191. The first-order valence-electron chi connectivity index (χ1n) is 6.65. The van der Waals surface area contributed by atoms with Crippen LogP contribution in [0.25, 0.3) is 0 Å². The van der Waals surface area contributed by atoms with E-state index in [-0.39, 0.29) is 12.1 Å². The highest BCUT2D eigenvalue weighted by atomic mass is 16.5. The Kier molecular flexibility index (Phi) is 7.04. The van der Waals surface area contributed by atoms with Gasteiger partial charge in [-0.15, -0.1) is 0 Å². The standard InChI is InChI=1S/C13H27NO3/c1-12-3-5-13(11-15,6-4-12)14-7-8-17-10-9-16-2/h12,14-15H,3-11H2,1-2H3. The molecule has 0 aliphatic heterocycles. The van der Waals surface area contributed by atoms with Crippen LogP contribution in [0, 0.1) is 5.92 Å². The van der Waals surface area contributed by atoms with Crippen molar-refractivity contribution in [2.45, 2.75) is 38.1 Å². The lowest BCUT2D eigenvalue weighted by Crippen LogP contribution is -2.51. The third kappa shape index (κ3) is 5.34. The van der Waals surface area contributed by atoms with E-state index in [4.69, 9.17) is 9.47 Å². The molecule has 17 heavy (non-hydrogen) atoms. The van der Waals surface area contributed by atoms with Crippen LogP contribution in [0.5, 0.6) is 0 Å². The van der Waals surface area contributed by atoms with Gasteiger partial charge in [0.1, 0.15) is 0 Å². The molecule has 0 saturated heterocycles. The average Bonchev–Trinajstić information content (AvgIpc) is 2.36. The zero-order valence-electron chi connectivity index (χ0n) is 11.2. The fraction of sp³-hybridized carbons (Fsp3) is 1.00. The van der Waals surface area contributed by atoms with Gasteiger partial charge in [0.15, 0.2) is 0 Å². The molecule has 1 rings (SSSR count). The van der Waals surface area contributed by atoms with E-state index >= 15 is 0 Å². The van der Waals surface area contributed by atoms with E-state index in [1.165, 1.54) is 12.8 Å². The quantitative estimate of drug-likeness (QED) is 0.631. The highest BCUT2D eigenvalue weighted by molar-refractivity contribution is 4.91. The van der Waals surface area contributed by atoms with Gasteiger partial charge < -0.3 is 19.9 Å². The summed E-state index contributed by atoms with van der Waals surface area (Å²) in [4.78, 5) is 0. The number of hydrogen-bond acceptors (Lipinski definition) is 4. The number of methoxy groups -OCH3 is 1. The summed E-state index contributed by atoms with van der Waals surface area (Å²) in [7, 11) is 1.67. The number of rotatable bonds is 8. The largest absolute Gasteiger partial charge is 0.394 e. The second-order valence-electron chi connectivity index (χ2n) is 5.15. The van der Waals surface area contributed by atoms with Crippen LogP contribution in [0.4, 0.5) is 0 Å². The smallest absolute Gasteiger partial charge is 0.0700 e. The molecule has 0 spiro atoms. The summed E-state index contributed by atoms with van der Waals surface area (Å²) in [5.74, 6) is 0.800. The first-order chi connectivity index (χ1) is 8.22. The van der Waals surface area contributed by atoms with Crippen LogP contribution >= 0.6 is 0 Å². The Morgan fingerprint density at radius 3 is 2.53 bits per heavy atom. The summed E-state index contributed by atoms with van der Waals surface area (Å²) < 4.78 is 10.3. The Morgan fingerprint density at radius 2 is 1.94 bits per heavy atom. The minimum absolute atomic E-state index is 0.0584. The van der Waals surface area contributed by atoms with Gasteiger partial charge in [0, 0.05) is 19.2 Å². The summed E-state index contributed by atoms with van der Waals surface area (Å²) in [6.45, 7) is 5.29. The van der Waals surface area contributed by atoms with Gasteiger partial charge in [-0.25, -0.2) is 0 Å². The zero-order chi connectivity index (χ0) is 12.6. The highest BCUT2D eigenvalue weighted by Gasteiger charge is 2.32. The molecular weight excluding hydrogens is 218 g/mol. The number of nitrogens with one attached hydrogen (secondary N) is 1. The average molecular weight is 245 g/mol. The van der Waals surface area contributed by atoms with Crippen molar-refractivity contribution < 1.29 is 14.6 Å². The molecule has 102 valence electrons. The van der Waals surface area contributed by atoms with E-state index in [0.29, 0.717) is 19.8 Å². The molecule has 0 radical (unpaired) electrons. The van der Waals surface area contributed by atoms with E-state index in [9.17, 15) is 5.11 Å². The third-order valence-corrected chi connectivity index (χ3v) is 3.71. The fourth-order valence-electron chi connectivity index (χ4n) is 2.34. The SMILES string of the molecule is COCCOCCNC1(CO)CCC(C)CC1. The number of aliphatic hydroxyl groups excluding tert-OH is 1. The predicted octanol–water partition coefficient (Wildman–Crippen LogP) is 1.18. The molecule has 4 heteroatoms. The summed E-state index contributed by atoms with van der Waals surface area (Å²) in [6, 6.07) is 0. The van der Waals surface area contributed by atoms with Gasteiger partial charge in [-0.1, -0.05) is 6.92 Å². The molecule has 2 N–H and O–H groups in total. The molecular formula is C13H27NO3. The van der Waals surface area contributed by atoms with Gasteiger partial charge in [-0.05, 0) is 31.6 Å². The van der Waals surface area contributed by atoms with E-state index < -0.39 is 0 Å². The molecule has 0 aromatic rings. The maximum atomic E-state index is 9.55. The van der Waals surface area contributed by atoms with Gasteiger partial charge in [-0.3, -0.25) is 0 Å². The number of ether oxygens (including phenoxy) is 2. The highest BCUT2D eigenvalue weighted by Crippen LogP contribution is 2.31. The van der Waals surface area contributed by atoms with Crippen LogP contribution in [-0.4, -0.2) is 50.7 Å². The van der Waals surface area contributed by atoms with Crippen molar-refractivity contribution >= 4 is 0 Å². The van der Waals surface area contributed by atoms with Gasteiger partial charge in [0.2, 0.25) is 0 Å². The summed E-state index contributed by atoms with van der Waals surface area (Å²) in [5, 5.41) is 13.0. The van der Waals surface area contributed by atoms with Crippen molar-refractivity contribution in [3.05, 3.63) is 0 Å². The van der Waals surface area contributed by atoms with Crippen molar-refractivity contribution in [1.29, 1.82) is 0 Å². The molecule has 1 saturated carbocycles. The van der Waals surface area contributed by atoms with Crippen molar-refractivity contribution in [1.82, 2.24) is 5.32 Å². The van der Waals surface area contributed by atoms with Crippen molar-refractivity contribution in [3.63, 3.8) is 0 Å². The van der Waals surface area contributed by atoms with E-state index in [1.54, 1.807) is 7.11 Å². The minimum atomic E-state index is -0.0584. The monoisotopic (exact) mass is 245 g/mol. The summed E-state index contributed by atoms with van der Waals surface area (Å²) in [5.41, 5.74) is -0.0584. The predicted molar refractivity (Wildman–Crippen MR) is 68.1 cm³/mol. The summed E-state index contributed by atoms with van der Waals surface area (Å²) >= 11 is 0. The van der Waals surface area contributed by atoms with Gasteiger partial charge in [0.05, 0.1) is 26.4 Å². The van der Waals surface area contributed by atoms with Crippen molar-refractivity contribution in [2.75, 3.05) is 40.1 Å². The van der Waals surface area contributed by atoms with Crippen molar-refractivity contribution in [2.24, 2.45) is 5.92 Å². The van der Waals surface area contributed by atoms with Crippen LogP contribution in [0.15, 0.2) is 0 Å². The molecule has 0 aromatic carbocycles. The second-order valence-corrected chi connectivity index (χ2v) is 5.15. The zero-order valence-corrected chi connectivity index (χ0v) is 11.2. The van der Waals surface area contributed by atoms with Crippen LogP contribution in [0.2, 0.25) is 0 Å². The minimum Gasteiger partial charge on any atom is -0.394 e. The van der Waals surface area contributed by atoms with Crippen LogP contribution in [0.3, 0.4) is 0 Å². The van der Waals surface area contributed by atoms with Gasteiger partial charge in [0.25, 0.3) is 0 Å². The number of aliphatic hydroxyl groups is 1. The van der Waals surface area contributed by atoms with E-state index in [0.717, 1.165) is 25.3 Å². The molecule has 0 bridgehead atoms. The van der Waals surface area contributed by atoms with E-state index in [2.05, 4.69) is 12.2 Å². The topological polar surface area (TPSA) is 50.7 Å². The first kappa shape index (κ1) is 14.9. The van der Waals surface area contributed by atoms with Gasteiger partial charge in [-0.2, -0.15) is 0 Å². The lowest BCUT2D eigenvalue weighted by atomic mass is 9.77. The summed E-state index contributed by atoms with van der Waals surface area (Å²) in [6.07, 6.45) is 4.56. The molecule has 0 aromatic heterocycles. The third-order valence-electron chi connectivity index (χ3n) is 3.71. The molecule has 1 aliphatic carbocycles. The van der Waals surface area contributed by atoms with Crippen LogP contribution in [0.1, 0.15) is 32.6 Å². The van der Waals surface area contributed by atoms with Crippen LogP contribution < -0.4 is 5.32 Å². The maximum absolute atomic E-state index is 9.55. The molecule has 0 amide bonds. The maximum Gasteiger partial charge on any atom is 0.0700 e. The fourth-order valence-corrected chi connectivity index (χ4v) is 2.34. The molecule has 4 nitrogen and oxygen atoms in total. The molecule has 0 unspecified atom stereocenters. The lowest BCUT2D eigenvalue weighted by molar-refractivity contribution is 0.0576. The normalized spacial score (nSPS) is 29.5. The lowest BCUT2D eigenvalue weighted by Gasteiger charge is -2.39. The Balaban J connectivity index is 2.14. The molecule has 1 fully saturated rings. The Hall–Kier alpha value is -0.160. The molecule has 1 aliphatic rings. The Morgan fingerprint density at radius 1 is 1.24 bits per heavy atom. The van der Waals surface area contributed by atoms with E-state index in [1.807, 2.05) is 0 Å². The van der Waals surface area contributed by atoms with Crippen molar-refractivity contribution in [3.8, 4) is 0 Å². The first-order valence-corrected chi connectivity index (χ1v) is 6.65. The molecule has 0 heterocycles. The Labute approximate surface area is 105 Å². The number of hydrogen-bond donors (Lipinski definition) is 2. The molecule has 0 atom stereocenters.